The van der Waals surface area contributed by atoms with E-state index in [0.29, 0.717) is 23.6 Å². The van der Waals surface area contributed by atoms with Crippen LogP contribution in [-0.4, -0.2) is 28.9 Å². The van der Waals surface area contributed by atoms with Crippen molar-refractivity contribution >= 4 is 23.5 Å². The molecule has 1 unspecified atom stereocenters. The SMILES string of the molecule is O=C1OC(C(=O)N(Cc2ccc(Cl)cc2)C2CC2)Cc2ccccc21. The third-order valence-electron chi connectivity index (χ3n) is 4.70. The van der Waals surface area contributed by atoms with Crippen LogP contribution in [0.4, 0.5) is 0 Å². The van der Waals surface area contributed by atoms with Crippen molar-refractivity contribution in [3.8, 4) is 0 Å². The number of halogens is 1. The topological polar surface area (TPSA) is 46.6 Å². The molecule has 0 bridgehead atoms. The number of fused-ring (bicyclic) bond motifs is 1. The summed E-state index contributed by atoms with van der Waals surface area (Å²) in [7, 11) is 0. The largest absolute Gasteiger partial charge is 0.448 e. The molecule has 0 spiro atoms. The zero-order valence-corrected chi connectivity index (χ0v) is 14.4. The predicted molar refractivity (Wildman–Crippen MR) is 94.4 cm³/mol. The van der Waals surface area contributed by atoms with Crippen molar-refractivity contribution in [1.82, 2.24) is 4.90 Å². The van der Waals surface area contributed by atoms with E-state index in [0.717, 1.165) is 24.0 Å². The number of esters is 1. The molecule has 0 N–H and O–H groups in total. The summed E-state index contributed by atoms with van der Waals surface area (Å²) in [6, 6.07) is 15.0. The Morgan fingerprint density at radius 3 is 2.56 bits per heavy atom. The molecule has 1 amide bonds. The highest BCUT2D eigenvalue weighted by atomic mass is 35.5. The second-order valence-electron chi connectivity index (χ2n) is 6.58. The fourth-order valence-electron chi connectivity index (χ4n) is 3.21. The Kier molecular flexibility index (Phi) is 4.22. The van der Waals surface area contributed by atoms with Gasteiger partial charge in [0.2, 0.25) is 0 Å². The Labute approximate surface area is 151 Å². The molecular formula is C20H18ClNO3. The lowest BCUT2D eigenvalue weighted by molar-refractivity contribution is -0.142. The molecule has 0 radical (unpaired) electrons. The van der Waals surface area contributed by atoms with Gasteiger partial charge in [0.25, 0.3) is 5.91 Å². The van der Waals surface area contributed by atoms with E-state index in [1.54, 1.807) is 12.1 Å². The molecule has 5 heteroatoms. The van der Waals surface area contributed by atoms with Crippen molar-refractivity contribution < 1.29 is 14.3 Å². The number of cyclic esters (lactones) is 1. The lowest BCUT2D eigenvalue weighted by Gasteiger charge is -2.30. The van der Waals surface area contributed by atoms with E-state index in [4.69, 9.17) is 16.3 Å². The van der Waals surface area contributed by atoms with E-state index >= 15 is 0 Å². The van der Waals surface area contributed by atoms with E-state index in [9.17, 15) is 9.59 Å². The van der Waals surface area contributed by atoms with Crippen LogP contribution in [0.1, 0.15) is 34.3 Å². The van der Waals surface area contributed by atoms with Crippen LogP contribution >= 0.6 is 11.6 Å². The quantitative estimate of drug-likeness (QED) is 0.787. The summed E-state index contributed by atoms with van der Waals surface area (Å²) in [5.41, 5.74) is 2.45. The third kappa shape index (κ3) is 3.40. The smallest absolute Gasteiger partial charge is 0.339 e. The second kappa shape index (κ2) is 6.52. The average molecular weight is 356 g/mol. The lowest BCUT2D eigenvalue weighted by Crippen LogP contribution is -2.45. The van der Waals surface area contributed by atoms with Gasteiger partial charge >= 0.3 is 5.97 Å². The van der Waals surface area contributed by atoms with E-state index in [2.05, 4.69) is 0 Å². The summed E-state index contributed by atoms with van der Waals surface area (Å²) in [5, 5.41) is 0.672. The molecule has 2 aromatic carbocycles. The highest BCUT2D eigenvalue weighted by Crippen LogP contribution is 2.31. The van der Waals surface area contributed by atoms with Crippen LogP contribution in [-0.2, 0) is 22.5 Å². The fraction of sp³-hybridized carbons (Fsp3) is 0.300. The molecule has 1 atom stereocenters. The predicted octanol–water partition coefficient (Wildman–Crippen LogP) is 3.61. The molecule has 4 nitrogen and oxygen atoms in total. The molecule has 0 saturated heterocycles. The summed E-state index contributed by atoms with van der Waals surface area (Å²) < 4.78 is 5.44. The fourth-order valence-corrected chi connectivity index (χ4v) is 3.34. The average Bonchev–Trinajstić information content (AvgIpc) is 3.45. The molecule has 1 aliphatic heterocycles. The van der Waals surface area contributed by atoms with Crippen molar-refractivity contribution in [2.45, 2.75) is 38.0 Å². The van der Waals surface area contributed by atoms with Gasteiger partial charge in [-0.25, -0.2) is 4.79 Å². The molecular weight excluding hydrogens is 338 g/mol. The molecule has 2 aromatic rings. The molecule has 1 heterocycles. The number of rotatable bonds is 4. The van der Waals surface area contributed by atoms with Crippen LogP contribution in [0.2, 0.25) is 5.02 Å². The monoisotopic (exact) mass is 355 g/mol. The first kappa shape index (κ1) is 16.2. The number of carbonyl (C=O) groups is 2. The van der Waals surface area contributed by atoms with E-state index in [-0.39, 0.29) is 11.9 Å². The third-order valence-corrected chi connectivity index (χ3v) is 4.96. The number of carbonyl (C=O) groups excluding carboxylic acids is 2. The summed E-state index contributed by atoms with van der Waals surface area (Å²) >= 11 is 5.93. The zero-order chi connectivity index (χ0) is 17.4. The van der Waals surface area contributed by atoms with Gasteiger partial charge < -0.3 is 9.64 Å². The highest BCUT2D eigenvalue weighted by molar-refractivity contribution is 6.30. The first-order valence-electron chi connectivity index (χ1n) is 8.45. The summed E-state index contributed by atoms with van der Waals surface area (Å²) in [6.45, 7) is 0.510. The number of hydrogen-bond donors (Lipinski definition) is 0. The van der Waals surface area contributed by atoms with Gasteiger partial charge in [-0.2, -0.15) is 0 Å². The first-order chi connectivity index (χ1) is 12.1. The second-order valence-corrected chi connectivity index (χ2v) is 7.02. The number of ether oxygens (including phenoxy) is 1. The van der Waals surface area contributed by atoms with Gasteiger partial charge in [0, 0.05) is 24.0 Å². The molecule has 2 aliphatic rings. The Balaban J connectivity index is 1.53. The van der Waals surface area contributed by atoms with Crippen LogP contribution in [0.3, 0.4) is 0 Å². The van der Waals surface area contributed by atoms with Crippen molar-refractivity contribution in [3.05, 3.63) is 70.2 Å². The highest BCUT2D eigenvalue weighted by Gasteiger charge is 2.39. The Hall–Kier alpha value is -2.33. The van der Waals surface area contributed by atoms with Crippen LogP contribution in [0, 0.1) is 0 Å². The van der Waals surface area contributed by atoms with Crippen LogP contribution in [0.5, 0.6) is 0 Å². The van der Waals surface area contributed by atoms with Crippen LogP contribution in [0.25, 0.3) is 0 Å². The Morgan fingerprint density at radius 2 is 1.84 bits per heavy atom. The summed E-state index contributed by atoms with van der Waals surface area (Å²) in [5.74, 6) is -0.525. The maximum atomic E-state index is 13.0. The van der Waals surface area contributed by atoms with Gasteiger partial charge in [-0.15, -0.1) is 0 Å². The Bertz CT molecular complexity index is 814. The zero-order valence-electron chi connectivity index (χ0n) is 13.7. The van der Waals surface area contributed by atoms with Crippen molar-refractivity contribution in [3.63, 3.8) is 0 Å². The first-order valence-corrected chi connectivity index (χ1v) is 8.83. The van der Waals surface area contributed by atoms with E-state index < -0.39 is 12.1 Å². The van der Waals surface area contributed by atoms with Gasteiger partial charge in [-0.05, 0) is 42.2 Å². The molecule has 1 fully saturated rings. The maximum absolute atomic E-state index is 13.0. The van der Waals surface area contributed by atoms with Crippen molar-refractivity contribution in [1.29, 1.82) is 0 Å². The van der Waals surface area contributed by atoms with Gasteiger partial charge in [0.1, 0.15) is 0 Å². The Morgan fingerprint density at radius 1 is 1.12 bits per heavy atom. The summed E-state index contributed by atoms with van der Waals surface area (Å²) in [4.78, 5) is 27.1. The maximum Gasteiger partial charge on any atom is 0.339 e. The number of amides is 1. The van der Waals surface area contributed by atoms with Gasteiger partial charge in [0.15, 0.2) is 6.10 Å². The molecule has 4 rings (SSSR count). The number of nitrogens with zero attached hydrogens (tertiary/aromatic N) is 1. The van der Waals surface area contributed by atoms with Gasteiger partial charge in [-0.3, -0.25) is 4.79 Å². The molecule has 0 aromatic heterocycles. The minimum Gasteiger partial charge on any atom is -0.448 e. The number of hydrogen-bond acceptors (Lipinski definition) is 3. The van der Waals surface area contributed by atoms with Gasteiger partial charge in [0.05, 0.1) is 5.56 Å². The van der Waals surface area contributed by atoms with Crippen LogP contribution < -0.4 is 0 Å². The minimum absolute atomic E-state index is 0.111. The summed E-state index contributed by atoms with van der Waals surface area (Å²) in [6.07, 6.45) is 1.69. The van der Waals surface area contributed by atoms with Crippen LogP contribution in [0.15, 0.2) is 48.5 Å². The standard InChI is InChI=1S/C20H18ClNO3/c21-15-7-5-13(6-8-15)12-22(16-9-10-16)19(23)18-11-14-3-1-2-4-17(14)20(24)25-18/h1-8,16,18H,9-12H2. The number of benzene rings is 2. The lowest BCUT2D eigenvalue weighted by atomic mass is 9.98. The van der Waals surface area contributed by atoms with Crippen molar-refractivity contribution in [2.75, 3.05) is 0 Å². The van der Waals surface area contributed by atoms with Crippen molar-refractivity contribution in [2.24, 2.45) is 0 Å². The van der Waals surface area contributed by atoms with E-state index in [1.807, 2.05) is 41.3 Å². The molecule has 128 valence electrons. The minimum atomic E-state index is -0.740. The normalized spacial score (nSPS) is 19.1. The molecule has 25 heavy (non-hydrogen) atoms. The molecule has 1 aliphatic carbocycles. The van der Waals surface area contributed by atoms with Gasteiger partial charge in [-0.1, -0.05) is 41.9 Å². The molecule has 1 saturated carbocycles. The van der Waals surface area contributed by atoms with E-state index in [1.165, 1.54) is 0 Å².